The van der Waals surface area contributed by atoms with Crippen LogP contribution in [0.2, 0.25) is 0 Å². The fraction of sp³-hybridized carbons (Fsp3) is 0. The first-order chi connectivity index (χ1) is 28.8. The first-order valence-corrected chi connectivity index (χ1v) is 19.4. The first-order valence-electron chi connectivity index (χ1n) is 19.4. The highest BCUT2D eigenvalue weighted by atomic mass is 14.8. The summed E-state index contributed by atoms with van der Waals surface area (Å²) in [6.45, 7) is 0. The lowest BCUT2D eigenvalue weighted by molar-refractivity contribution is 1.29. The molecule has 58 heavy (non-hydrogen) atoms. The molecule has 0 aliphatic carbocycles. The average molecular weight is 741 g/mol. The molecule has 0 aliphatic rings. The fourth-order valence-electron chi connectivity index (χ4n) is 7.83. The first kappa shape index (κ1) is 34.7. The van der Waals surface area contributed by atoms with Gasteiger partial charge in [0.05, 0.1) is 22.4 Å². The summed E-state index contributed by atoms with van der Waals surface area (Å²) in [6, 6.07) is 68.2. The fourth-order valence-corrected chi connectivity index (χ4v) is 7.83. The molecule has 3 aromatic heterocycles. The van der Waals surface area contributed by atoms with Crippen molar-refractivity contribution in [2.75, 3.05) is 0 Å². The molecule has 0 saturated carbocycles. The van der Waals surface area contributed by atoms with E-state index in [2.05, 4.69) is 192 Å². The molecule has 0 unspecified atom stereocenters. The highest BCUT2D eigenvalue weighted by Crippen LogP contribution is 2.44. The van der Waals surface area contributed by atoms with Crippen molar-refractivity contribution < 1.29 is 0 Å². The van der Waals surface area contributed by atoms with Crippen molar-refractivity contribution in [1.29, 1.82) is 0 Å². The van der Waals surface area contributed by atoms with Crippen LogP contribution >= 0.6 is 0 Å². The molecule has 0 spiro atoms. The molecular formula is C54H36N4. The number of fused-ring (bicyclic) bond motifs is 1. The third-order valence-electron chi connectivity index (χ3n) is 10.7. The molecule has 4 heteroatoms. The van der Waals surface area contributed by atoms with Gasteiger partial charge in [0.25, 0.3) is 0 Å². The van der Waals surface area contributed by atoms with Crippen molar-refractivity contribution >= 4 is 11.0 Å². The van der Waals surface area contributed by atoms with Gasteiger partial charge in [-0.2, -0.15) is 0 Å². The zero-order valence-electron chi connectivity index (χ0n) is 31.6. The summed E-state index contributed by atoms with van der Waals surface area (Å²) >= 11 is 0. The molecule has 0 fully saturated rings. The van der Waals surface area contributed by atoms with Gasteiger partial charge in [-0.25, -0.2) is 9.97 Å². The Morgan fingerprint density at radius 3 is 0.966 bits per heavy atom. The van der Waals surface area contributed by atoms with Crippen molar-refractivity contribution in [2.45, 2.75) is 0 Å². The van der Waals surface area contributed by atoms with Gasteiger partial charge >= 0.3 is 0 Å². The standard InChI is InChI=1S/C54H36N4/c1-3-13-39(14-4-1)45-19-7-9-21-47(45)49-33-51-52(34-50(49)48-22-10-8-20-46(48)40-15-5-2-6-16-40)58-54(42-29-25-38(26-30-42)44-18-12-32-56-36-44)53(57-51)41-27-23-37(24-28-41)43-17-11-31-55-35-43/h1-36H. The van der Waals surface area contributed by atoms with Crippen molar-refractivity contribution in [1.82, 2.24) is 19.9 Å². The van der Waals surface area contributed by atoms with Crippen LogP contribution < -0.4 is 0 Å². The molecule has 0 atom stereocenters. The predicted molar refractivity (Wildman–Crippen MR) is 239 cm³/mol. The second kappa shape index (κ2) is 15.4. The van der Waals surface area contributed by atoms with Crippen molar-refractivity contribution in [2.24, 2.45) is 0 Å². The van der Waals surface area contributed by atoms with Gasteiger partial charge < -0.3 is 0 Å². The van der Waals surface area contributed by atoms with E-state index in [1.807, 2.05) is 24.5 Å². The molecule has 4 nitrogen and oxygen atoms in total. The molecule has 0 N–H and O–H groups in total. The number of pyridine rings is 2. The van der Waals surface area contributed by atoms with E-state index in [4.69, 9.17) is 9.97 Å². The molecule has 0 radical (unpaired) electrons. The number of aromatic nitrogens is 4. The summed E-state index contributed by atoms with van der Waals surface area (Å²) in [7, 11) is 0. The van der Waals surface area contributed by atoms with Crippen molar-refractivity contribution in [3.63, 3.8) is 0 Å². The SMILES string of the molecule is c1ccc(-c2ccccc2-c2cc3nc(-c4ccc(-c5cccnc5)cc4)c(-c4ccc(-c5cccnc5)cc4)nc3cc2-c2ccccc2-c2ccccc2)cc1. The summed E-state index contributed by atoms with van der Waals surface area (Å²) < 4.78 is 0. The summed E-state index contributed by atoms with van der Waals surface area (Å²) in [4.78, 5) is 19.7. The van der Waals surface area contributed by atoms with E-state index in [1.165, 1.54) is 0 Å². The minimum Gasteiger partial charge on any atom is -0.264 e. The number of hydrogen-bond acceptors (Lipinski definition) is 4. The van der Waals surface area contributed by atoms with Gasteiger partial charge in [-0.1, -0.05) is 170 Å². The Balaban J connectivity index is 1.22. The highest BCUT2D eigenvalue weighted by molar-refractivity contribution is 6.01. The maximum Gasteiger partial charge on any atom is 0.0973 e. The molecule has 10 rings (SSSR count). The average Bonchev–Trinajstić information content (AvgIpc) is 3.32. The molecule has 0 saturated heterocycles. The maximum atomic E-state index is 5.52. The van der Waals surface area contributed by atoms with Crippen LogP contribution in [-0.4, -0.2) is 19.9 Å². The molecular weight excluding hydrogens is 705 g/mol. The molecule has 0 aliphatic heterocycles. The third kappa shape index (κ3) is 6.74. The van der Waals surface area contributed by atoms with E-state index in [-0.39, 0.29) is 0 Å². The Bertz CT molecular complexity index is 2790. The van der Waals surface area contributed by atoms with Gasteiger partial charge in [0.2, 0.25) is 0 Å². The van der Waals surface area contributed by atoms with Crippen LogP contribution in [-0.2, 0) is 0 Å². The minimum atomic E-state index is 0.819. The summed E-state index contributed by atoms with van der Waals surface area (Å²) in [6.07, 6.45) is 7.38. The Morgan fingerprint density at radius 2 is 0.586 bits per heavy atom. The number of hydrogen-bond donors (Lipinski definition) is 0. The quantitative estimate of drug-likeness (QED) is 0.156. The van der Waals surface area contributed by atoms with Crippen LogP contribution in [0.4, 0.5) is 0 Å². The normalized spacial score (nSPS) is 11.1. The zero-order valence-corrected chi connectivity index (χ0v) is 31.6. The summed E-state index contributed by atoms with van der Waals surface area (Å²) in [5.41, 5.74) is 18.6. The highest BCUT2D eigenvalue weighted by Gasteiger charge is 2.20. The van der Waals surface area contributed by atoms with E-state index < -0.39 is 0 Å². The van der Waals surface area contributed by atoms with Crippen LogP contribution in [0.3, 0.4) is 0 Å². The Kier molecular flexibility index (Phi) is 9.18. The van der Waals surface area contributed by atoms with E-state index >= 15 is 0 Å². The summed E-state index contributed by atoms with van der Waals surface area (Å²) in [5, 5.41) is 0. The Hall–Kier alpha value is -7.82. The maximum absolute atomic E-state index is 5.52. The lowest BCUT2D eigenvalue weighted by Gasteiger charge is -2.19. The predicted octanol–water partition coefficient (Wildman–Crippen LogP) is 13.8. The number of nitrogens with zero attached hydrogens (tertiary/aromatic N) is 4. The van der Waals surface area contributed by atoms with Crippen LogP contribution in [0.5, 0.6) is 0 Å². The van der Waals surface area contributed by atoms with Crippen LogP contribution in [0.25, 0.3) is 100 Å². The number of rotatable bonds is 8. The molecule has 272 valence electrons. The molecule has 0 bridgehead atoms. The van der Waals surface area contributed by atoms with Gasteiger partial charge in [0, 0.05) is 35.9 Å². The van der Waals surface area contributed by atoms with Crippen molar-refractivity contribution in [3.05, 3.63) is 219 Å². The molecule has 7 aromatic carbocycles. The Morgan fingerprint density at radius 1 is 0.241 bits per heavy atom. The van der Waals surface area contributed by atoms with Gasteiger partial charge in [0.15, 0.2) is 0 Å². The molecule has 0 amide bonds. The monoisotopic (exact) mass is 740 g/mol. The van der Waals surface area contributed by atoms with Crippen LogP contribution in [0.15, 0.2) is 219 Å². The lowest BCUT2D eigenvalue weighted by Crippen LogP contribution is -1.98. The van der Waals surface area contributed by atoms with Gasteiger partial charge in [0.1, 0.15) is 0 Å². The van der Waals surface area contributed by atoms with E-state index in [1.54, 1.807) is 12.4 Å². The third-order valence-corrected chi connectivity index (χ3v) is 10.7. The zero-order chi connectivity index (χ0) is 38.7. The van der Waals surface area contributed by atoms with Crippen LogP contribution in [0.1, 0.15) is 0 Å². The summed E-state index contributed by atoms with van der Waals surface area (Å²) in [5.74, 6) is 0. The van der Waals surface area contributed by atoms with E-state index in [9.17, 15) is 0 Å². The van der Waals surface area contributed by atoms with Crippen molar-refractivity contribution in [3.8, 4) is 89.3 Å². The molecule has 3 heterocycles. The number of benzene rings is 7. The van der Waals surface area contributed by atoms with Gasteiger partial charge in [-0.05, 0) is 91.0 Å². The van der Waals surface area contributed by atoms with Crippen LogP contribution in [0, 0.1) is 0 Å². The second-order valence-electron chi connectivity index (χ2n) is 14.3. The Labute approximate surface area is 337 Å². The topological polar surface area (TPSA) is 51.6 Å². The minimum absolute atomic E-state index is 0.819. The van der Waals surface area contributed by atoms with Gasteiger partial charge in [-0.3, -0.25) is 9.97 Å². The lowest BCUT2D eigenvalue weighted by atomic mass is 9.86. The second-order valence-corrected chi connectivity index (χ2v) is 14.3. The largest absolute Gasteiger partial charge is 0.264 e. The smallest absolute Gasteiger partial charge is 0.0973 e. The van der Waals surface area contributed by atoms with Gasteiger partial charge in [-0.15, -0.1) is 0 Å². The molecule has 10 aromatic rings. The van der Waals surface area contributed by atoms with E-state index in [0.717, 1.165) is 100 Å². The van der Waals surface area contributed by atoms with E-state index in [0.29, 0.717) is 0 Å².